The van der Waals surface area contributed by atoms with E-state index >= 15 is 0 Å². The van der Waals surface area contributed by atoms with E-state index in [9.17, 15) is 4.79 Å². The van der Waals surface area contributed by atoms with Crippen LogP contribution in [0.25, 0.3) is 0 Å². The lowest BCUT2D eigenvalue weighted by Crippen LogP contribution is -2.47. The summed E-state index contributed by atoms with van der Waals surface area (Å²) in [7, 11) is 0. The van der Waals surface area contributed by atoms with Crippen LogP contribution in [0.15, 0.2) is 22.8 Å². The summed E-state index contributed by atoms with van der Waals surface area (Å²) in [5.41, 5.74) is 0.526. The lowest BCUT2D eigenvalue weighted by Gasteiger charge is -2.25. The number of hydrogen-bond acceptors (Lipinski definition) is 4. The van der Waals surface area contributed by atoms with Crippen LogP contribution in [0, 0.1) is 0 Å². The van der Waals surface area contributed by atoms with E-state index in [0.717, 1.165) is 29.4 Å². The van der Waals surface area contributed by atoms with Crippen molar-refractivity contribution in [1.29, 1.82) is 0 Å². The number of carbonyl (C=O) groups excluding carboxylic acids is 1. The zero-order valence-corrected chi connectivity index (χ0v) is 14.9. The molecule has 2 rings (SSSR count). The third-order valence-electron chi connectivity index (χ3n) is 3.55. The van der Waals surface area contributed by atoms with E-state index in [2.05, 4.69) is 31.5 Å². The van der Waals surface area contributed by atoms with Gasteiger partial charge in [0, 0.05) is 29.3 Å². The minimum atomic E-state index is -0.465. The van der Waals surface area contributed by atoms with Gasteiger partial charge in [0.15, 0.2) is 0 Å². The number of rotatable bonds is 4. The second-order valence-electron chi connectivity index (χ2n) is 6.64. The molecule has 2 unspecified atom stereocenters. The fourth-order valence-corrected chi connectivity index (χ4v) is 2.82. The van der Waals surface area contributed by atoms with Crippen LogP contribution in [-0.2, 0) is 11.3 Å². The van der Waals surface area contributed by atoms with Crippen molar-refractivity contribution >= 4 is 22.0 Å². The summed E-state index contributed by atoms with van der Waals surface area (Å²) in [6, 6.07) is 4.35. The molecule has 0 aliphatic heterocycles. The van der Waals surface area contributed by atoms with E-state index in [0.29, 0.717) is 6.54 Å². The molecule has 6 heteroatoms. The van der Waals surface area contributed by atoms with Crippen molar-refractivity contribution in [3.05, 3.63) is 28.5 Å². The average Bonchev–Trinajstić information content (AvgIpc) is 2.83. The standard InChI is InChI=1S/C16H24BrN3O2/c1-16(2,3)22-15(21)20-14-6-4-5-13(14)19-10-12-8-7-11(17)9-18-12/h7-9,13-14,19H,4-6,10H2,1-3H3,(H,20,21). The SMILES string of the molecule is CC(C)(C)OC(=O)NC1CCCC1NCc1ccc(Br)cn1. The second kappa shape index (κ2) is 7.42. The maximum absolute atomic E-state index is 11.9. The fraction of sp³-hybridized carbons (Fsp3) is 0.625. The lowest BCUT2D eigenvalue weighted by molar-refractivity contribution is 0.0498. The minimum Gasteiger partial charge on any atom is -0.444 e. The van der Waals surface area contributed by atoms with E-state index in [-0.39, 0.29) is 18.2 Å². The van der Waals surface area contributed by atoms with Crippen LogP contribution in [0.2, 0.25) is 0 Å². The number of alkyl carbamates (subject to hydrolysis) is 1. The van der Waals surface area contributed by atoms with Gasteiger partial charge in [0.05, 0.1) is 5.69 Å². The first kappa shape index (κ1) is 17.2. The molecule has 1 amide bonds. The first-order valence-electron chi connectivity index (χ1n) is 7.67. The summed E-state index contributed by atoms with van der Waals surface area (Å²) in [4.78, 5) is 16.2. The number of amides is 1. The Bertz CT molecular complexity index is 499. The summed E-state index contributed by atoms with van der Waals surface area (Å²) < 4.78 is 6.30. The molecule has 5 nitrogen and oxygen atoms in total. The van der Waals surface area contributed by atoms with Gasteiger partial charge < -0.3 is 15.4 Å². The van der Waals surface area contributed by atoms with Crippen molar-refractivity contribution in [3.63, 3.8) is 0 Å². The van der Waals surface area contributed by atoms with Crippen molar-refractivity contribution in [2.75, 3.05) is 0 Å². The topological polar surface area (TPSA) is 63.2 Å². The number of pyridine rings is 1. The Labute approximate surface area is 140 Å². The monoisotopic (exact) mass is 369 g/mol. The summed E-state index contributed by atoms with van der Waals surface area (Å²) in [5.74, 6) is 0. The van der Waals surface area contributed by atoms with Crippen molar-refractivity contribution in [2.45, 2.75) is 64.3 Å². The molecule has 0 aromatic carbocycles. The quantitative estimate of drug-likeness (QED) is 0.853. The van der Waals surface area contributed by atoms with Gasteiger partial charge in [0.25, 0.3) is 0 Å². The highest BCUT2D eigenvalue weighted by atomic mass is 79.9. The first-order valence-corrected chi connectivity index (χ1v) is 8.46. The zero-order valence-electron chi connectivity index (χ0n) is 13.4. The third kappa shape index (κ3) is 5.57. The van der Waals surface area contributed by atoms with Gasteiger partial charge in [-0.15, -0.1) is 0 Å². The Kier molecular flexibility index (Phi) is 5.81. The van der Waals surface area contributed by atoms with E-state index in [1.807, 2.05) is 32.9 Å². The molecule has 1 aromatic rings. The molecular formula is C16H24BrN3O2. The molecule has 0 saturated heterocycles. The molecule has 0 radical (unpaired) electrons. The maximum atomic E-state index is 11.9. The van der Waals surface area contributed by atoms with Gasteiger partial charge >= 0.3 is 6.09 Å². The molecule has 122 valence electrons. The average molecular weight is 370 g/mol. The number of halogens is 1. The molecule has 1 aromatic heterocycles. The van der Waals surface area contributed by atoms with E-state index in [1.54, 1.807) is 6.20 Å². The van der Waals surface area contributed by atoms with Crippen molar-refractivity contribution < 1.29 is 9.53 Å². The van der Waals surface area contributed by atoms with E-state index in [1.165, 1.54) is 0 Å². The molecule has 1 aliphatic rings. The van der Waals surface area contributed by atoms with Gasteiger partial charge in [-0.2, -0.15) is 0 Å². The lowest BCUT2D eigenvalue weighted by atomic mass is 10.1. The largest absolute Gasteiger partial charge is 0.444 e. The Morgan fingerprint density at radius 3 is 2.73 bits per heavy atom. The Hall–Kier alpha value is -1.14. The molecule has 22 heavy (non-hydrogen) atoms. The maximum Gasteiger partial charge on any atom is 0.407 e. The summed E-state index contributed by atoms with van der Waals surface area (Å²) in [6.07, 6.45) is 4.59. The van der Waals surface area contributed by atoms with Crippen LogP contribution in [-0.4, -0.2) is 28.8 Å². The molecule has 1 saturated carbocycles. The van der Waals surface area contributed by atoms with Gasteiger partial charge in [-0.05, 0) is 68.1 Å². The summed E-state index contributed by atoms with van der Waals surface area (Å²) >= 11 is 3.38. The normalized spacial score (nSPS) is 21.6. The van der Waals surface area contributed by atoms with Gasteiger partial charge in [-0.25, -0.2) is 4.79 Å². The number of carbonyl (C=O) groups is 1. The molecular weight excluding hydrogens is 346 g/mol. The predicted molar refractivity (Wildman–Crippen MR) is 89.6 cm³/mol. The van der Waals surface area contributed by atoms with E-state index < -0.39 is 5.60 Å². The fourth-order valence-electron chi connectivity index (χ4n) is 2.58. The van der Waals surface area contributed by atoms with Gasteiger partial charge in [0.2, 0.25) is 0 Å². The Morgan fingerprint density at radius 1 is 1.36 bits per heavy atom. The summed E-state index contributed by atoms with van der Waals surface area (Å²) in [6.45, 7) is 6.31. The Morgan fingerprint density at radius 2 is 2.09 bits per heavy atom. The van der Waals surface area contributed by atoms with Gasteiger partial charge in [0.1, 0.15) is 5.60 Å². The highest BCUT2D eigenvalue weighted by Crippen LogP contribution is 2.20. The van der Waals surface area contributed by atoms with Crippen molar-refractivity contribution in [3.8, 4) is 0 Å². The number of hydrogen-bond donors (Lipinski definition) is 2. The molecule has 1 fully saturated rings. The van der Waals surface area contributed by atoms with Crippen LogP contribution in [0.1, 0.15) is 45.7 Å². The highest BCUT2D eigenvalue weighted by Gasteiger charge is 2.29. The number of nitrogens with zero attached hydrogens (tertiary/aromatic N) is 1. The second-order valence-corrected chi connectivity index (χ2v) is 7.55. The smallest absolute Gasteiger partial charge is 0.407 e. The van der Waals surface area contributed by atoms with Crippen molar-refractivity contribution in [1.82, 2.24) is 15.6 Å². The van der Waals surface area contributed by atoms with Crippen molar-refractivity contribution in [2.24, 2.45) is 0 Å². The van der Waals surface area contributed by atoms with Gasteiger partial charge in [-0.1, -0.05) is 0 Å². The predicted octanol–water partition coefficient (Wildman–Crippen LogP) is 3.38. The first-order chi connectivity index (χ1) is 10.3. The summed E-state index contributed by atoms with van der Waals surface area (Å²) in [5, 5.41) is 6.47. The molecule has 2 atom stereocenters. The number of nitrogens with one attached hydrogen (secondary N) is 2. The van der Waals surface area contributed by atoms with E-state index in [4.69, 9.17) is 4.74 Å². The number of aromatic nitrogens is 1. The Balaban J connectivity index is 1.82. The third-order valence-corrected chi connectivity index (χ3v) is 4.02. The van der Waals surface area contributed by atoms with Crippen LogP contribution < -0.4 is 10.6 Å². The molecule has 0 spiro atoms. The zero-order chi connectivity index (χ0) is 16.2. The molecule has 1 aliphatic carbocycles. The highest BCUT2D eigenvalue weighted by molar-refractivity contribution is 9.10. The minimum absolute atomic E-state index is 0.116. The van der Waals surface area contributed by atoms with Crippen LogP contribution in [0.5, 0.6) is 0 Å². The molecule has 0 bridgehead atoms. The molecule has 2 N–H and O–H groups in total. The van der Waals surface area contributed by atoms with Crippen LogP contribution in [0.3, 0.4) is 0 Å². The molecule has 1 heterocycles. The van der Waals surface area contributed by atoms with Crippen LogP contribution in [0.4, 0.5) is 4.79 Å². The number of ether oxygens (including phenoxy) is 1. The van der Waals surface area contributed by atoms with Crippen LogP contribution >= 0.6 is 15.9 Å². The van der Waals surface area contributed by atoms with Gasteiger partial charge in [-0.3, -0.25) is 4.98 Å².